The standard InChI is InChI=1S/C13H21BrN2OS/c1-8-7-17-9(2)6-16(8)12(5-15)13-4-11(14)10(3)18-13/h4,8-9,12H,5-7,15H2,1-3H3. The van der Waals surface area contributed by atoms with Crippen LogP contribution >= 0.6 is 27.3 Å². The fourth-order valence-corrected chi connectivity index (χ4v) is 4.12. The number of aryl methyl sites for hydroxylation is 1. The Balaban J connectivity index is 2.21. The van der Waals surface area contributed by atoms with Crippen LogP contribution in [0.2, 0.25) is 0 Å². The first-order chi connectivity index (χ1) is 8.52. The minimum absolute atomic E-state index is 0.291. The van der Waals surface area contributed by atoms with E-state index in [0.29, 0.717) is 24.7 Å². The lowest BCUT2D eigenvalue weighted by atomic mass is 10.1. The van der Waals surface area contributed by atoms with Gasteiger partial charge in [0, 0.05) is 33.4 Å². The molecule has 0 spiro atoms. The number of thiophene rings is 1. The van der Waals surface area contributed by atoms with Crippen molar-refractivity contribution in [3.8, 4) is 0 Å². The van der Waals surface area contributed by atoms with Crippen LogP contribution in [0.25, 0.3) is 0 Å². The van der Waals surface area contributed by atoms with Crippen molar-refractivity contribution in [1.29, 1.82) is 0 Å². The highest BCUT2D eigenvalue weighted by atomic mass is 79.9. The second kappa shape index (κ2) is 6.01. The van der Waals surface area contributed by atoms with E-state index in [4.69, 9.17) is 10.5 Å². The van der Waals surface area contributed by atoms with Crippen molar-refractivity contribution in [3.63, 3.8) is 0 Å². The molecule has 1 aliphatic heterocycles. The predicted octanol–water partition coefficient (Wildman–Crippen LogP) is 2.93. The third-order valence-electron chi connectivity index (χ3n) is 3.48. The first kappa shape index (κ1) is 14.5. The number of hydrogen-bond donors (Lipinski definition) is 1. The molecule has 3 nitrogen and oxygen atoms in total. The first-order valence-electron chi connectivity index (χ1n) is 6.36. The van der Waals surface area contributed by atoms with Gasteiger partial charge in [0.2, 0.25) is 0 Å². The van der Waals surface area contributed by atoms with E-state index in [1.54, 1.807) is 0 Å². The molecule has 18 heavy (non-hydrogen) atoms. The fraction of sp³-hybridized carbons (Fsp3) is 0.692. The van der Waals surface area contributed by atoms with Gasteiger partial charge in [-0.05, 0) is 42.8 Å². The van der Waals surface area contributed by atoms with Gasteiger partial charge in [-0.3, -0.25) is 4.90 Å². The summed E-state index contributed by atoms with van der Waals surface area (Å²) in [5.41, 5.74) is 6.01. The summed E-state index contributed by atoms with van der Waals surface area (Å²) in [5, 5.41) is 0. The Morgan fingerprint density at radius 1 is 1.61 bits per heavy atom. The Morgan fingerprint density at radius 2 is 2.33 bits per heavy atom. The summed E-state index contributed by atoms with van der Waals surface area (Å²) < 4.78 is 6.88. The zero-order valence-electron chi connectivity index (χ0n) is 11.1. The SMILES string of the molecule is Cc1sc(C(CN)N2CC(C)OCC2C)cc1Br. The van der Waals surface area contributed by atoms with E-state index in [1.165, 1.54) is 14.2 Å². The third-order valence-corrected chi connectivity index (χ3v) is 5.72. The molecule has 0 aromatic carbocycles. The fourth-order valence-electron chi connectivity index (χ4n) is 2.42. The lowest BCUT2D eigenvalue weighted by Gasteiger charge is -2.41. The summed E-state index contributed by atoms with van der Waals surface area (Å²) in [6.07, 6.45) is 0.291. The molecule has 102 valence electrons. The number of halogens is 1. The molecule has 0 amide bonds. The van der Waals surface area contributed by atoms with E-state index >= 15 is 0 Å². The van der Waals surface area contributed by atoms with Crippen LogP contribution in [-0.2, 0) is 4.74 Å². The van der Waals surface area contributed by atoms with Crippen LogP contribution in [0.4, 0.5) is 0 Å². The number of rotatable bonds is 3. The Morgan fingerprint density at radius 3 is 2.89 bits per heavy atom. The van der Waals surface area contributed by atoms with Crippen LogP contribution in [0.5, 0.6) is 0 Å². The van der Waals surface area contributed by atoms with Crippen molar-refractivity contribution >= 4 is 27.3 Å². The molecule has 2 N–H and O–H groups in total. The lowest BCUT2D eigenvalue weighted by Crippen LogP contribution is -2.50. The van der Waals surface area contributed by atoms with E-state index in [0.717, 1.165) is 13.2 Å². The normalized spacial score (nSPS) is 27.4. The Bertz CT molecular complexity index is 390. The van der Waals surface area contributed by atoms with Gasteiger partial charge in [-0.25, -0.2) is 0 Å². The van der Waals surface area contributed by atoms with Crippen molar-refractivity contribution < 1.29 is 4.74 Å². The van der Waals surface area contributed by atoms with Crippen molar-refractivity contribution in [2.75, 3.05) is 19.7 Å². The summed E-state index contributed by atoms with van der Waals surface area (Å²) >= 11 is 5.43. The molecule has 0 saturated carbocycles. The van der Waals surface area contributed by atoms with Crippen LogP contribution in [0.3, 0.4) is 0 Å². The van der Waals surface area contributed by atoms with Gasteiger partial charge < -0.3 is 10.5 Å². The lowest BCUT2D eigenvalue weighted by molar-refractivity contribution is -0.0648. The molecule has 3 atom stereocenters. The quantitative estimate of drug-likeness (QED) is 0.924. The summed E-state index contributed by atoms with van der Waals surface area (Å²) in [7, 11) is 0. The Labute approximate surface area is 121 Å². The molecular formula is C13H21BrN2OS. The largest absolute Gasteiger partial charge is 0.376 e. The predicted molar refractivity (Wildman–Crippen MR) is 80.1 cm³/mol. The van der Waals surface area contributed by atoms with Crippen LogP contribution < -0.4 is 5.73 Å². The average Bonchev–Trinajstić information content (AvgIpc) is 2.65. The van der Waals surface area contributed by atoms with Gasteiger partial charge in [-0.15, -0.1) is 11.3 Å². The molecule has 1 aromatic heterocycles. The summed E-state index contributed by atoms with van der Waals surface area (Å²) in [5.74, 6) is 0. The maximum Gasteiger partial charge on any atom is 0.0675 e. The van der Waals surface area contributed by atoms with Crippen LogP contribution in [0.15, 0.2) is 10.5 Å². The van der Waals surface area contributed by atoms with Crippen LogP contribution in [-0.4, -0.2) is 36.7 Å². The minimum atomic E-state index is 0.291. The second-order valence-electron chi connectivity index (χ2n) is 4.99. The molecule has 1 saturated heterocycles. The molecule has 1 fully saturated rings. The monoisotopic (exact) mass is 332 g/mol. The molecule has 1 aliphatic rings. The second-order valence-corrected chi connectivity index (χ2v) is 7.14. The number of nitrogens with zero attached hydrogens (tertiary/aromatic N) is 1. The van der Waals surface area contributed by atoms with Crippen LogP contribution in [0.1, 0.15) is 29.6 Å². The zero-order valence-corrected chi connectivity index (χ0v) is 13.6. The molecule has 0 radical (unpaired) electrons. The van der Waals surface area contributed by atoms with Crippen molar-refractivity contribution in [2.24, 2.45) is 5.73 Å². The maximum absolute atomic E-state index is 6.01. The molecule has 0 aliphatic carbocycles. The molecule has 3 unspecified atom stereocenters. The van der Waals surface area contributed by atoms with Gasteiger partial charge in [0.25, 0.3) is 0 Å². The Kier molecular flexibility index (Phi) is 4.83. The Hall–Kier alpha value is 0.0600. The number of ether oxygens (including phenoxy) is 1. The van der Waals surface area contributed by atoms with Crippen molar-refractivity contribution in [3.05, 3.63) is 20.3 Å². The molecule has 2 rings (SSSR count). The van der Waals surface area contributed by atoms with Gasteiger partial charge in [0.1, 0.15) is 0 Å². The number of hydrogen-bond acceptors (Lipinski definition) is 4. The topological polar surface area (TPSA) is 38.5 Å². The summed E-state index contributed by atoms with van der Waals surface area (Å²) in [4.78, 5) is 5.14. The third kappa shape index (κ3) is 2.96. The number of nitrogens with two attached hydrogens (primary N) is 1. The minimum Gasteiger partial charge on any atom is -0.376 e. The van der Waals surface area contributed by atoms with Gasteiger partial charge in [-0.2, -0.15) is 0 Å². The van der Waals surface area contributed by atoms with Gasteiger partial charge in [0.05, 0.1) is 18.8 Å². The molecule has 1 aromatic rings. The van der Waals surface area contributed by atoms with Gasteiger partial charge >= 0.3 is 0 Å². The maximum atomic E-state index is 6.01. The van der Waals surface area contributed by atoms with E-state index in [1.807, 2.05) is 11.3 Å². The van der Waals surface area contributed by atoms with Crippen molar-refractivity contribution in [2.45, 2.75) is 39.0 Å². The molecule has 5 heteroatoms. The molecule has 0 bridgehead atoms. The smallest absolute Gasteiger partial charge is 0.0675 e. The van der Waals surface area contributed by atoms with Crippen LogP contribution in [0, 0.1) is 6.92 Å². The first-order valence-corrected chi connectivity index (χ1v) is 7.97. The van der Waals surface area contributed by atoms with E-state index in [2.05, 4.69) is 47.7 Å². The van der Waals surface area contributed by atoms with Gasteiger partial charge in [-0.1, -0.05) is 0 Å². The zero-order chi connectivity index (χ0) is 13.3. The average molecular weight is 333 g/mol. The molecule has 2 heterocycles. The van der Waals surface area contributed by atoms with E-state index in [9.17, 15) is 0 Å². The summed E-state index contributed by atoms with van der Waals surface area (Å²) in [6, 6.07) is 2.95. The van der Waals surface area contributed by atoms with E-state index < -0.39 is 0 Å². The highest BCUT2D eigenvalue weighted by molar-refractivity contribution is 9.10. The summed E-state index contributed by atoms with van der Waals surface area (Å²) in [6.45, 7) is 8.88. The van der Waals surface area contributed by atoms with Gasteiger partial charge in [0.15, 0.2) is 0 Å². The van der Waals surface area contributed by atoms with E-state index in [-0.39, 0.29) is 0 Å². The number of morpholine rings is 1. The highest BCUT2D eigenvalue weighted by Crippen LogP contribution is 2.34. The van der Waals surface area contributed by atoms with Crippen molar-refractivity contribution in [1.82, 2.24) is 4.90 Å². The molecular weight excluding hydrogens is 312 g/mol. The highest BCUT2D eigenvalue weighted by Gasteiger charge is 2.30.